The fourth-order valence-corrected chi connectivity index (χ4v) is 3.96. The molecule has 0 aliphatic heterocycles. The number of nitrogens with zero attached hydrogens (tertiary/aromatic N) is 1. The van der Waals surface area contributed by atoms with Gasteiger partial charge in [-0.1, -0.05) is 42.5 Å². The first-order valence-corrected chi connectivity index (χ1v) is 10.1. The Morgan fingerprint density at radius 2 is 1.79 bits per heavy atom. The molecule has 3 aromatic rings. The summed E-state index contributed by atoms with van der Waals surface area (Å²) in [6, 6.07) is 21.8. The highest BCUT2D eigenvalue weighted by atomic mass is 19.1. The van der Waals surface area contributed by atoms with Crippen LogP contribution in [-0.4, -0.2) is 28.4 Å². The number of benzene rings is 2. The van der Waals surface area contributed by atoms with Gasteiger partial charge in [-0.3, -0.25) is 0 Å². The molecule has 28 heavy (non-hydrogen) atoms. The summed E-state index contributed by atoms with van der Waals surface area (Å²) in [7, 11) is 0. The second-order valence-corrected chi connectivity index (χ2v) is 7.91. The normalized spacial score (nSPS) is 16.1. The van der Waals surface area contributed by atoms with Crippen LogP contribution in [-0.2, 0) is 19.5 Å². The molecule has 0 spiro atoms. The summed E-state index contributed by atoms with van der Waals surface area (Å²) < 4.78 is 15.7. The fourth-order valence-electron chi connectivity index (χ4n) is 3.96. The molecule has 2 aromatic carbocycles. The molecule has 4 rings (SSSR count). The Kier molecular flexibility index (Phi) is 5.89. The highest BCUT2D eigenvalue weighted by molar-refractivity contribution is 5.19. The first-order chi connectivity index (χ1) is 13.7. The topological polar surface area (TPSA) is 29.6 Å². The third-order valence-electron chi connectivity index (χ3n) is 5.54. The van der Waals surface area contributed by atoms with Gasteiger partial charge in [-0.15, -0.1) is 0 Å². The SMILES string of the molecule is O[C@@H](Cc1ccccc1)C[NH+](Cc1cccn1Cc1cccc(F)c1)C1CC1. The molecule has 1 aliphatic carbocycles. The molecular weight excluding hydrogens is 351 g/mol. The number of aliphatic hydroxyl groups is 1. The van der Waals surface area contributed by atoms with Gasteiger partial charge in [-0.05, 0) is 35.4 Å². The quantitative estimate of drug-likeness (QED) is 0.588. The number of halogens is 1. The second kappa shape index (κ2) is 8.72. The predicted octanol–water partition coefficient (Wildman–Crippen LogP) is 2.83. The summed E-state index contributed by atoms with van der Waals surface area (Å²) in [6.07, 6.45) is 4.88. The van der Waals surface area contributed by atoms with Crippen LogP contribution < -0.4 is 4.90 Å². The summed E-state index contributed by atoms with van der Waals surface area (Å²) in [5.74, 6) is -0.194. The Balaban J connectivity index is 1.41. The van der Waals surface area contributed by atoms with Gasteiger partial charge in [0, 0.05) is 32.0 Å². The van der Waals surface area contributed by atoms with Crippen LogP contribution in [0.15, 0.2) is 72.9 Å². The van der Waals surface area contributed by atoms with Crippen molar-refractivity contribution in [2.45, 2.75) is 44.5 Å². The zero-order valence-electron chi connectivity index (χ0n) is 16.1. The third kappa shape index (κ3) is 5.09. The van der Waals surface area contributed by atoms with Gasteiger partial charge in [0.2, 0.25) is 0 Å². The van der Waals surface area contributed by atoms with Gasteiger partial charge in [0.15, 0.2) is 0 Å². The van der Waals surface area contributed by atoms with E-state index in [4.69, 9.17) is 0 Å². The van der Waals surface area contributed by atoms with E-state index in [1.807, 2.05) is 24.3 Å². The molecule has 2 N–H and O–H groups in total. The maximum absolute atomic E-state index is 13.5. The molecule has 1 heterocycles. The van der Waals surface area contributed by atoms with Crippen LogP contribution in [0.3, 0.4) is 0 Å². The Morgan fingerprint density at radius 3 is 2.54 bits per heavy atom. The number of hydrogen-bond acceptors (Lipinski definition) is 1. The molecule has 4 heteroatoms. The number of nitrogens with one attached hydrogen (secondary N) is 1. The summed E-state index contributed by atoms with van der Waals surface area (Å²) in [4.78, 5) is 1.45. The van der Waals surface area contributed by atoms with Crippen LogP contribution in [0, 0.1) is 5.82 Å². The lowest BCUT2D eigenvalue weighted by Gasteiger charge is -2.23. The highest BCUT2D eigenvalue weighted by Gasteiger charge is 2.35. The van der Waals surface area contributed by atoms with Crippen molar-refractivity contribution in [2.24, 2.45) is 0 Å². The molecule has 0 bridgehead atoms. The molecule has 1 saturated carbocycles. The van der Waals surface area contributed by atoms with Gasteiger partial charge in [-0.2, -0.15) is 0 Å². The van der Waals surface area contributed by atoms with Gasteiger partial charge in [0.1, 0.15) is 25.0 Å². The summed E-state index contributed by atoms with van der Waals surface area (Å²) in [5.41, 5.74) is 3.38. The molecule has 0 radical (unpaired) electrons. The Hall–Kier alpha value is -2.43. The van der Waals surface area contributed by atoms with Crippen LogP contribution in [0.4, 0.5) is 4.39 Å². The lowest BCUT2D eigenvalue weighted by Crippen LogP contribution is -3.13. The van der Waals surface area contributed by atoms with E-state index in [1.54, 1.807) is 12.1 Å². The monoisotopic (exact) mass is 379 g/mol. The van der Waals surface area contributed by atoms with Crippen molar-refractivity contribution in [3.05, 3.63) is 95.6 Å². The first-order valence-electron chi connectivity index (χ1n) is 10.1. The van der Waals surface area contributed by atoms with Gasteiger partial charge in [-0.25, -0.2) is 4.39 Å². The molecule has 0 amide bonds. The van der Waals surface area contributed by atoms with E-state index in [0.717, 1.165) is 18.7 Å². The maximum Gasteiger partial charge on any atom is 0.123 e. The average Bonchev–Trinajstić information content (AvgIpc) is 3.44. The van der Waals surface area contributed by atoms with Crippen LogP contribution in [0.25, 0.3) is 0 Å². The molecule has 1 aliphatic rings. The molecule has 1 fully saturated rings. The Morgan fingerprint density at radius 1 is 1.00 bits per heavy atom. The van der Waals surface area contributed by atoms with Crippen molar-refractivity contribution in [1.82, 2.24) is 4.57 Å². The summed E-state index contributed by atoms with van der Waals surface area (Å²) >= 11 is 0. The van der Waals surface area contributed by atoms with Gasteiger partial charge >= 0.3 is 0 Å². The zero-order chi connectivity index (χ0) is 19.3. The maximum atomic E-state index is 13.5. The Bertz CT molecular complexity index is 888. The zero-order valence-corrected chi connectivity index (χ0v) is 16.1. The molecular formula is C24H28FN2O+. The van der Waals surface area contributed by atoms with Crippen molar-refractivity contribution < 1.29 is 14.4 Å². The molecule has 3 nitrogen and oxygen atoms in total. The van der Waals surface area contributed by atoms with Crippen molar-refractivity contribution >= 4 is 0 Å². The van der Waals surface area contributed by atoms with Crippen LogP contribution in [0.2, 0.25) is 0 Å². The molecule has 0 saturated heterocycles. The average molecular weight is 379 g/mol. The van der Waals surface area contributed by atoms with Gasteiger partial charge in [0.05, 0.1) is 11.7 Å². The van der Waals surface area contributed by atoms with Gasteiger partial charge < -0.3 is 14.6 Å². The number of aromatic nitrogens is 1. The largest absolute Gasteiger partial charge is 0.387 e. The first kappa shape index (κ1) is 18.9. The number of aliphatic hydroxyl groups excluding tert-OH is 1. The fraction of sp³-hybridized carbons (Fsp3) is 0.333. The van der Waals surface area contributed by atoms with Crippen LogP contribution in [0.1, 0.15) is 29.7 Å². The minimum atomic E-state index is -0.343. The van der Waals surface area contributed by atoms with E-state index in [1.165, 1.54) is 35.1 Å². The van der Waals surface area contributed by atoms with E-state index >= 15 is 0 Å². The second-order valence-electron chi connectivity index (χ2n) is 7.91. The van der Waals surface area contributed by atoms with E-state index in [2.05, 4.69) is 35.0 Å². The van der Waals surface area contributed by atoms with Crippen molar-refractivity contribution in [3.63, 3.8) is 0 Å². The Labute approximate surface area is 166 Å². The molecule has 1 unspecified atom stereocenters. The molecule has 1 aromatic heterocycles. The lowest BCUT2D eigenvalue weighted by atomic mass is 10.1. The van der Waals surface area contributed by atoms with Crippen LogP contribution >= 0.6 is 0 Å². The minimum Gasteiger partial charge on any atom is -0.387 e. The van der Waals surface area contributed by atoms with E-state index < -0.39 is 0 Å². The third-order valence-corrected chi connectivity index (χ3v) is 5.54. The summed E-state index contributed by atoms with van der Waals surface area (Å²) in [5, 5.41) is 10.6. The number of rotatable bonds is 9. The molecule has 2 atom stereocenters. The number of hydrogen-bond donors (Lipinski definition) is 2. The van der Waals surface area contributed by atoms with Crippen molar-refractivity contribution in [2.75, 3.05) is 6.54 Å². The minimum absolute atomic E-state index is 0.194. The lowest BCUT2D eigenvalue weighted by molar-refractivity contribution is -0.928. The van der Waals surface area contributed by atoms with Crippen LogP contribution in [0.5, 0.6) is 0 Å². The van der Waals surface area contributed by atoms with E-state index in [-0.39, 0.29) is 11.9 Å². The standard InChI is InChI=1S/C24H27FN2O/c25-21-9-4-8-20(14-21)16-26-13-5-10-23(26)17-27(22-11-12-22)18-24(28)15-19-6-2-1-3-7-19/h1-10,13-14,22,24,28H,11-12,15-18H2/p+1/t24-/m0/s1. The smallest absolute Gasteiger partial charge is 0.123 e. The number of quaternary nitrogens is 1. The molecule has 146 valence electrons. The van der Waals surface area contributed by atoms with Gasteiger partial charge in [0.25, 0.3) is 0 Å². The highest BCUT2D eigenvalue weighted by Crippen LogP contribution is 2.17. The van der Waals surface area contributed by atoms with E-state index in [9.17, 15) is 9.50 Å². The summed E-state index contributed by atoms with van der Waals surface area (Å²) in [6.45, 7) is 2.31. The van der Waals surface area contributed by atoms with Crippen molar-refractivity contribution in [1.29, 1.82) is 0 Å². The van der Waals surface area contributed by atoms with E-state index in [0.29, 0.717) is 19.0 Å². The van der Waals surface area contributed by atoms with Crippen molar-refractivity contribution in [3.8, 4) is 0 Å². The predicted molar refractivity (Wildman–Crippen MR) is 109 cm³/mol.